The van der Waals surface area contributed by atoms with Gasteiger partial charge in [0.25, 0.3) is 0 Å². The van der Waals surface area contributed by atoms with Crippen molar-refractivity contribution in [3.8, 4) is 5.75 Å². The molecule has 1 N–H and O–H groups in total. The van der Waals surface area contributed by atoms with Gasteiger partial charge in [-0.3, -0.25) is 0 Å². The molecule has 21 heavy (non-hydrogen) atoms. The fraction of sp³-hybridized carbons (Fsp3) is 0.294. The number of anilines is 1. The summed E-state index contributed by atoms with van der Waals surface area (Å²) in [6.07, 6.45) is 2.26. The Kier molecular flexibility index (Phi) is 4.41. The molecule has 0 radical (unpaired) electrons. The van der Waals surface area contributed by atoms with Crippen LogP contribution in [0.4, 0.5) is 5.69 Å². The molecular formula is C17H17BrClNO. The van der Waals surface area contributed by atoms with Crippen molar-refractivity contribution in [3.05, 3.63) is 57.5 Å². The van der Waals surface area contributed by atoms with Crippen molar-refractivity contribution in [3.63, 3.8) is 0 Å². The number of methoxy groups -OCH3 is 1. The third-order valence-corrected chi connectivity index (χ3v) is 4.92. The predicted octanol–water partition coefficient (Wildman–Crippen LogP) is 5.47. The Hall–Kier alpha value is -1.19. The molecule has 1 saturated carbocycles. The molecule has 0 spiro atoms. The molecule has 0 bridgehead atoms. The van der Waals surface area contributed by atoms with E-state index in [-0.39, 0.29) is 0 Å². The Morgan fingerprint density at radius 2 is 2.00 bits per heavy atom. The van der Waals surface area contributed by atoms with Crippen LogP contribution in [0.5, 0.6) is 5.75 Å². The van der Waals surface area contributed by atoms with Crippen molar-refractivity contribution in [1.29, 1.82) is 0 Å². The van der Waals surface area contributed by atoms with Crippen LogP contribution in [0.15, 0.2) is 46.9 Å². The molecule has 1 aliphatic rings. The first kappa shape index (κ1) is 14.7. The average molecular weight is 367 g/mol. The van der Waals surface area contributed by atoms with Crippen molar-refractivity contribution in [2.45, 2.75) is 24.8 Å². The second-order valence-corrected chi connectivity index (χ2v) is 6.70. The molecule has 1 fully saturated rings. The normalized spacial score (nSPS) is 20.7. The Morgan fingerprint density at radius 3 is 2.76 bits per heavy atom. The van der Waals surface area contributed by atoms with E-state index in [1.807, 2.05) is 24.3 Å². The topological polar surface area (TPSA) is 21.3 Å². The van der Waals surface area contributed by atoms with Crippen LogP contribution in [0, 0.1) is 0 Å². The average Bonchev–Trinajstić information content (AvgIpc) is 2.46. The van der Waals surface area contributed by atoms with Gasteiger partial charge in [0.05, 0.1) is 12.8 Å². The Balaban J connectivity index is 1.61. The van der Waals surface area contributed by atoms with Crippen molar-refractivity contribution >= 4 is 33.2 Å². The molecule has 0 unspecified atom stereocenters. The molecule has 4 heteroatoms. The standard InChI is InChI=1S/C17H17BrClNO/c1-21-15-4-2-3-11(9-15)12-7-14(8-12)20-17-10-13(19)5-6-16(17)18/h2-6,9-10,12,14,20H,7-8H2,1H3. The highest BCUT2D eigenvalue weighted by Gasteiger charge is 2.30. The lowest BCUT2D eigenvalue weighted by Crippen LogP contribution is -2.34. The zero-order valence-electron chi connectivity index (χ0n) is 11.8. The molecular weight excluding hydrogens is 350 g/mol. The number of nitrogens with one attached hydrogen (secondary N) is 1. The van der Waals surface area contributed by atoms with Crippen LogP contribution in [0.3, 0.4) is 0 Å². The van der Waals surface area contributed by atoms with E-state index >= 15 is 0 Å². The third kappa shape index (κ3) is 3.35. The van der Waals surface area contributed by atoms with Gasteiger partial charge in [-0.25, -0.2) is 0 Å². The summed E-state index contributed by atoms with van der Waals surface area (Å²) >= 11 is 9.60. The molecule has 0 aromatic heterocycles. The molecule has 0 amide bonds. The zero-order chi connectivity index (χ0) is 14.8. The van der Waals surface area contributed by atoms with Crippen LogP contribution in [0.25, 0.3) is 0 Å². The predicted molar refractivity (Wildman–Crippen MR) is 91.5 cm³/mol. The number of rotatable bonds is 4. The molecule has 3 rings (SSSR count). The Labute approximate surface area is 138 Å². The van der Waals surface area contributed by atoms with Gasteiger partial charge in [0, 0.05) is 15.5 Å². The Bertz CT molecular complexity index is 640. The highest BCUT2D eigenvalue weighted by atomic mass is 79.9. The molecule has 0 atom stereocenters. The highest BCUT2D eigenvalue weighted by Crippen LogP contribution is 2.40. The summed E-state index contributed by atoms with van der Waals surface area (Å²) in [6, 6.07) is 14.7. The van der Waals surface area contributed by atoms with Crippen molar-refractivity contribution in [1.82, 2.24) is 0 Å². The van der Waals surface area contributed by atoms with Crippen molar-refractivity contribution < 1.29 is 4.74 Å². The lowest BCUT2D eigenvalue weighted by molar-refractivity contribution is 0.370. The van der Waals surface area contributed by atoms with E-state index in [4.69, 9.17) is 16.3 Å². The van der Waals surface area contributed by atoms with Crippen LogP contribution < -0.4 is 10.1 Å². The molecule has 2 aromatic carbocycles. The second-order valence-electron chi connectivity index (χ2n) is 5.41. The van der Waals surface area contributed by atoms with Gasteiger partial charge in [0.15, 0.2) is 0 Å². The van der Waals surface area contributed by atoms with E-state index < -0.39 is 0 Å². The monoisotopic (exact) mass is 365 g/mol. The summed E-state index contributed by atoms with van der Waals surface area (Å²) in [5.41, 5.74) is 2.43. The van der Waals surface area contributed by atoms with Gasteiger partial charge in [-0.2, -0.15) is 0 Å². The number of hydrogen-bond acceptors (Lipinski definition) is 2. The lowest BCUT2D eigenvalue weighted by atomic mass is 9.76. The second kappa shape index (κ2) is 6.29. The maximum Gasteiger partial charge on any atom is 0.119 e. The minimum Gasteiger partial charge on any atom is -0.497 e. The van der Waals surface area contributed by atoms with Gasteiger partial charge in [-0.05, 0) is 70.6 Å². The number of benzene rings is 2. The fourth-order valence-corrected chi connectivity index (χ4v) is 3.26. The highest BCUT2D eigenvalue weighted by molar-refractivity contribution is 9.10. The van der Waals surface area contributed by atoms with Crippen molar-refractivity contribution in [2.24, 2.45) is 0 Å². The first-order valence-electron chi connectivity index (χ1n) is 7.01. The Morgan fingerprint density at radius 1 is 1.19 bits per heavy atom. The first-order chi connectivity index (χ1) is 10.2. The maximum absolute atomic E-state index is 6.04. The molecule has 2 aromatic rings. The van der Waals surface area contributed by atoms with E-state index in [0.717, 1.165) is 33.8 Å². The third-order valence-electron chi connectivity index (χ3n) is 3.99. The number of hydrogen-bond donors (Lipinski definition) is 1. The van der Waals surface area contributed by atoms with E-state index in [1.54, 1.807) is 7.11 Å². The smallest absolute Gasteiger partial charge is 0.119 e. The van der Waals surface area contributed by atoms with Gasteiger partial charge in [-0.15, -0.1) is 0 Å². The van der Waals surface area contributed by atoms with Crippen LogP contribution in [-0.2, 0) is 0 Å². The summed E-state index contributed by atoms with van der Waals surface area (Å²) in [5, 5.41) is 4.31. The first-order valence-corrected chi connectivity index (χ1v) is 8.18. The van der Waals surface area contributed by atoms with Crippen LogP contribution in [-0.4, -0.2) is 13.2 Å². The SMILES string of the molecule is COc1cccc(C2CC(Nc3cc(Cl)ccc3Br)C2)c1. The van der Waals surface area contributed by atoms with E-state index in [9.17, 15) is 0 Å². The van der Waals surface area contributed by atoms with Gasteiger partial charge in [0.1, 0.15) is 5.75 Å². The van der Waals surface area contributed by atoms with Crippen molar-refractivity contribution in [2.75, 3.05) is 12.4 Å². The zero-order valence-corrected chi connectivity index (χ0v) is 14.1. The van der Waals surface area contributed by atoms with Gasteiger partial charge in [-0.1, -0.05) is 23.7 Å². The molecule has 2 nitrogen and oxygen atoms in total. The quantitative estimate of drug-likeness (QED) is 0.774. The summed E-state index contributed by atoms with van der Waals surface area (Å²) in [5.74, 6) is 1.54. The van der Waals surface area contributed by atoms with E-state index in [1.165, 1.54) is 5.56 Å². The molecule has 110 valence electrons. The van der Waals surface area contributed by atoms with E-state index in [2.05, 4.69) is 39.4 Å². The fourth-order valence-electron chi connectivity index (χ4n) is 2.73. The largest absolute Gasteiger partial charge is 0.497 e. The summed E-state index contributed by atoms with van der Waals surface area (Å²) in [7, 11) is 1.71. The van der Waals surface area contributed by atoms with Gasteiger partial charge in [0.2, 0.25) is 0 Å². The minimum atomic E-state index is 0.496. The van der Waals surface area contributed by atoms with E-state index in [0.29, 0.717) is 12.0 Å². The molecule has 0 aliphatic heterocycles. The van der Waals surface area contributed by atoms with Crippen LogP contribution in [0.1, 0.15) is 24.3 Å². The summed E-state index contributed by atoms with van der Waals surface area (Å²) < 4.78 is 6.34. The maximum atomic E-state index is 6.04. The molecule has 0 heterocycles. The van der Waals surface area contributed by atoms with Crippen LogP contribution >= 0.6 is 27.5 Å². The lowest BCUT2D eigenvalue weighted by Gasteiger charge is -2.37. The van der Waals surface area contributed by atoms with Crippen LogP contribution in [0.2, 0.25) is 5.02 Å². The molecule has 1 aliphatic carbocycles. The van der Waals surface area contributed by atoms with Gasteiger partial charge < -0.3 is 10.1 Å². The summed E-state index contributed by atoms with van der Waals surface area (Å²) in [6.45, 7) is 0. The number of halogens is 2. The minimum absolute atomic E-state index is 0.496. The van der Waals surface area contributed by atoms with Gasteiger partial charge >= 0.3 is 0 Å². The summed E-state index contributed by atoms with van der Waals surface area (Å²) in [4.78, 5) is 0. The number of ether oxygens (including phenoxy) is 1. The molecule has 0 saturated heterocycles.